The summed E-state index contributed by atoms with van der Waals surface area (Å²) in [4.78, 5) is 29.2. The van der Waals surface area contributed by atoms with Crippen molar-refractivity contribution in [3.63, 3.8) is 0 Å². The molecule has 3 aliphatic heterocycles. The molecule has 1 aromatic rings. The molecule has 194 valence electrons. The highest BCUT2D eigenvalue weighted by Gasteiger charge is 2.49. The molecule has 35 heavy (non-hydrogen) atoms. The summed E-state index contributed by atoms with van der Waals surface area (Å²) >= 11 is 0. The van der Waals surface area contributed by atoms with Crippen LogP contribution in [-0.2, 0) is 14.3 Å². The lowest BCUT2D eigenvalue weighted by Gasteiger charge is -2.43. The number of rotatable bonds is 7. The number of amides is 2. The molecule has 0 aromatic heterocycles. The maximum Gasteiger partial charge on any atom is 0.248 e. The molecule has 1 N–H and O–H groups in total. The van der Waals surface area contributed by atoms with Gasteiger partial charge in [0.25, 0.3) is 0 Å². The lowest BCUT2D eigenvalue weighted by Crippen LogP contribution is -2.48. The Morgan fingerprint density at radius 3 is 2.71 bits per heavy atom. The van der Waals surface area contributed by atoms with Gasteiger partial charge in [-0.1, -0.05) is 6.92 Å². The first kappa shape index (κ1) is 26.1. The Hall–Kier alpha value is -1.97. The van der Waals surface area contributed by atoms with Crippen molar-refractivity contribution in [1.82, 2.24) is 4.90 Å². The predicted molar refractivity (Wildman–Crippen MR) is 135 cm³/mol. The topological polar surface area (TPSA) is 79.3 Å². The van der Waals surface area contributed by atoms with Crippen molar-refractivity contribution < 1.29 is 28.3 Å². The highest BCUT2D eigenvalue weighted by atomic mass is 28.4. The summed E-state index contributed by atoms with van der Waals surface area (Å²) in [6.07, 6.45) is 3.30. The van der Waals surface area contributed by atoms with Gasteiger partial charge in [-0.05, 0) is 57.0 Å². The van der Waals surface area contributed by atoms with Gasteiger partial charge in [-0.2, -0.15) is 0 Å². The summed E-state index contributed by atoms with van der Waals surface area (Å²) in [7, 11) is -1.68. The third kappa shape index (κ3) is 5.27. The SMILES string of the molecule is CO[C@H]1c2cc(N3CCCCC3=O)ccc2O[C@@H](C(CC(=O)N2CCC[C@H]2CO)[Si](C)(C)F)[C@@H]1C. The maximum atomic E-state index is 15.7. The van der Waals surface area contributed by atoms with E-state index in [9.17, 15) is 14.7 Å². The summed E-state index contributed by atoms with van der Waals surface area (Å²) in [6.45, 7) is 6.50. The van der Waals surface area contributed by atoms with Crippen LogP contribution in [0.15, 0.2) is 18.2 Å². The van der Waals surface area contributed by atoms with Crippen molar-refractivity contribution in [2.24, 2.45) is 5.92 Å². The first-order valence-corrected chi connectivity index (χ1v) is 15.8. The number of halogens is 1. The van der Waals surface area contributed by atoms with Crippen LogP contribution >= 0.6 is 0 Å². The van der Waals surface area contributed by atoms with Gasteiger partial charge < -0.3 is 28.5 Å². The lowest BCUT2D eigenvalue weighted by atomic mass is 9.86. The number of hydrogen-bond acceptors (Lipinski definition) is 5. The fourth-order valence-electron chi connectivity index (χ4n) is 6.02. The molecule has 0 radical (unpaired) electrons. The average molecular weight is 507 g/mol. The van der Waals surface area contributed by atoms with Crippen LogP contribution in [0.5, 0.6) is 5.75 Å². The molecule has 7 nitrogen and oxygen atoms in total. The van der Waals surface area contributed by atoms with Crippen molar-refractivity contribution in [2.75, 3.05) is 31.7 Å². The molecule has 4 rings (SSSR count). The van der Waals surface area contributed by atoms with Crippen LogP contribution in [0.3, 0.4) is 0 Å². The van der Waals surface area contributed by atoms with Crippen molar-refractivity contribution in [3.05, 3.63) is 23.8 Å². The van der Waals surface area contributed by atoms with Crippen molar-refractivity contribution in [2.45, 2.75) is 82.3 Å². The van der Waals surface area contributed by atoms with Gasteiger partial charge in [-0.25, -0.2) is 0 Å². The largest absolute Gasteiger partial charge is 0.490 e. The van der Waals surface area contributed by atoms with Crippen molar-refractivity contribution >= 4 is 25.9 Å². The number of fused-ring (bicyclic) bond motifs is 1. The van der Waals surface area contributed by atoms with E-state index in [1.807, 2.05) is 30.0 Å². The quantitative estimate of drug-likeness (QED) is 0.443. The van der Waals surface area contributed by atoms with Crippen molar-refractivity contribution in [1.29, 1.82) is 0 Å². The zero-order valence-corrected chi connectivity index (χ0v) is 22.3. The molecular weight excluding hydrogens is 467 g/mol. The molecule has 1 aromatic carbocycles. The second-order valence-electron chi connectivity index (χ2n) is 10.8. The second-order valence-corrected chi connectivity index (χ2v) is 14.6. The lowest BCUT2D eigenvalue weighted by molar-refractivity contribution is -0.133. The first-order valence-electron chi connectivity index (χ1n) is 12.9. The number of ether oxygens (including phenoxy) is 2. The molecule has 2 fully saturated rings. The van der Waals surface area contributed by atoms with Gasteiger partial charge in [0.15, 0.2) is 0 Å². The van der Waals surface area contributed by atoms with Crippen LogP contribution in [0.25, 0.3) is 0 Å². The van der Waals surface area contributed by atoms with Gasteiger partial charge in [0.1, 0.15) is 11.9 Å². The van der Waals surface area contributed by atoms with E-state index < -0.39 is 20.1 Å². The second kappa shape index (κ2) is 10.6. The molecule has 9 heteroatoms. The van der Waals surface area contributed by atoms with Crippen molar-refractivity contribution in [3.8, 4) is 5.75 Å². The third-order valence-electron chi connectivity index (χ3n) is 8.03. The minimum Gasteiger partial charge on any atom is -0.490 e. The van der Waals surface area contributed by atoms with E-state index in [0.717, 1.165) is 36.9 Å². The number of carbonyl (C=O) groups excluding carboxylic acids is 2. The Morgan fingerprint density at radius 1 is 1.29 bits per heavy atom. The Balaban J connectivity index is 1.61. The highest BCUT2D eigenvalue weighted by molar-refractivity contribution is 6.72. The van der Waals surface area contributed by atoms with Crippen LogP contribution in [0, 0.1) is 5.92 Å². The summed E-state index contributed by atoms with van der Waals surface area (Å²) < 4.78 is 28.1. The molecule has 0 bridgehead atoms. The van der Waals surface area contributed by atoms with Gasteiger partial charge in [-0.15, -0.1) is 0 Å². The van der Waals surface area contributed by atoms with Gasteiger partial charge in [0, 0.05) is 55.8 Å². The van der Waals surface area contributed by atoms with Crippen LogP contribution < -0.4 is 9.64 Å². The third-order valence-corrected chi connectivity index (χ3v) is 10.3. The summed E-state index contributed by atoms with van der Waals surface area (Å²) in [6, 6.07) is 5.52. The molecule has 5 atom stereocenters. The van der Waals surface area contributed by atoms with E-state index in [4.69, 9.17) is 9.47 Å². The normalized spacial score (nSPS) is 28.0. The smallest absolute Gasteiger partial charge is 0.248 e. The summed E-state index contributed by atoms with van der Waals surface area (Å²) in [5, 5.41) is 9.65. The van der Waals surface area contributed by atoms with Gasteiger partial charge in [0.05, 0.1) is 18.8 Å². The molecule has 3 aliphatic rings. The molecule has 0 spiro atoms. The van der Waals surface area contributed by atoms with Gasteiger partial charge in [-0.3, -0.25) is 9.59 Å². The summed E-state index contributed by atoms with van der Waals surface area (Å²) in [5.41, 5.74) is 1.13. The zero-order chi connectivity index (χ0) is 25.3. The number of carbonyl (C=O) groups is 2. The fourth-order valence-corrected chi connectivity index (χ4v) is 7.83. The monoisotopic (exact) mass is 506 g/mol. The number of benzene rings is 1. The number of nitrogens with zero attached hydrogens (tertiary/aromatic N) is 2. The number of hydrogen-bond donors (Lipinski definition) is 1. The van der Waals surface area contributed by atoms with Crippen LogP contribution in [0.1, 0.15) is 57.1 Å². The fraction of sp³-hybridized carbons (Fsp3) is 0.692. The van der Waals surface area contributed by atoms with E-state index in [0.29, 0.717) is 25.3 Å². The first-order chi connectivity index (χ1) is 16.7. The maximum absolute atomic E-state index is 15.7. The molecule has 3 heterocycles. The van der Waals surface area contributed by atoms with Gasteiger partial charge in [0.2, 0.25) is 20.2 Å². The van der Waals surface area contributed by atoms with Crippen LogP contribution in [0.4, 0.5) is 9.80 Å². The van der Waals surface area contributed by atoms with E-state index >= 15 is 4.11 Å². The van der Waals surface area contributed by atoms with E-state index in [2.05, 4.69) is 0 Å². The number of aliphatic hydroxyl groups excluding tert-OH is 1. The molecule has 0 saturated carbocycles. The zero-order valence-electron chi connectivity index (χ0n) is 21.3. The number of anilines is 1. The average Bonchev–Trinajstić information content (AvgIpc) is 3.31. The predicted octanol–water partition coefficient (Wildman–Crippen LogP) is 4.21. The molecule has 0 aliphatic carbocycles. The van der Waals surface area contributed by atoms with Crippen LogP contribution in [-0.4, -0.2) is 69.2 Å². The number of aliphatic hydroxyl groups is 1. The molecular formula is C26H39FN2O5Si. The van der Waals surface area contributed by atoms with E-state index in [1.165, 1.54) is 0 Å². The minimum atomic E-state index is -3.32. The highest BCUT2D eigenvalue weighted by Crippen LogP contribution is 2.48. The minimum absolute atomic E-state index is 0.0629. The Kier molecular flexibility index (Phi) is 7.88. The van der Waals surface area contributed by atoms with E-state index in [-0.39, 0.29) is 42.9 Å². The molecule has 2 amide bonds. The standard InChI is InChI=1S/C26H39FN2O5Si/c1-17-25(33-2)20-14-18(28-12-6-5-9-23(28)31)10-11-21(20)34-26(17)22(35(3,4)27)15-24(32)29-13-7-8-19(29)16-30/h10-11,14,17,19,22,25-26,30H,5-9,12-13,15-16H2,1-4H3/t17-,19+,22?,25-,26-/m1/s1. The number of methoxy groups -OCH3 is 1. The van der Waals surface area contributed by atoms with Crippen LogP contribution in [0.2, 0.25) is 18.6 Å². The summed E-state index contributed by atoms with van der Waals surface area (Å²) in [5.74, 6) is 0.449. The Labute approximate surface area is 208 Å². The number of piperidine rings is 1. The Bertz CT molecular complexity index is 939. The Morgan fingerprint density at radius 2 is 2.06 bits per heavy atom. The van der Waals surface area contributed by atoms with Gasteiger partial charge >= 0.3 is 0 Å². The molecule has 2 saturated heterocycles. The van der Waals surface area contributed by atoms with E-state index in [1.54, 1.807) is 25.1 Å². The molecule has 1 unspecified atom stereocenters. The number of likely N-dealkylation sites (tertiary alicyclic amines) is 1.